The summed E-state index contributed by atoms with van der Waals surface area (Å²) in [5.41, 5.74) is -0.425. The molecule has 4 nitrogen and oxygen atoms in total. The zero-order chi connectivity index (χ0) is 32.5. The zero-order valence-corrected chi connectivity index (χ0v) is 32.1. The highest BCUT2D eigenvalue weighted by molar-refractivity contribution is 8.05. The lowest BCUT2D eigenvalue weighted by molar-refractivity contribution is -0.0351. The third-order valence-electron chi connectivity index (χ3n) is 8.75. The van der Waals surface area contributed by atoms with Crippen molar-refractivity contribution in [1.82, 2.24) is 0 Å². The first kappa shape index (κ1) is 44.7. The van der Waals surface area contributed by atoms with Crippen molar-refractivity contribution in [2.24, 2.45) is 5.41 Å². The fourth-order valence-corrected chi connectivity index (χ4v) is 6.55. The number of ether oxygens (including phenoxy) is 2. The number of unbranched alkanes of at least 4 members (excludes halogenated alkanes) is 26. The Morgan fingerprint density at radius 2 is 0.682 bits per heavy atom. The molecule has 0 bridgehead atoms. The predicted molar refractivity (Wildman–Crippen MR) is 196 cm³/mol. The van der Waals surface area contributed by atoms with Gasteiger partial charge in [-0.25, -0.2) is 0 Å². The van der Waals surface area contributed by atoms with Crippen LogP contribution in [0.15, 0.2) is 0 Å². The van der Waals surface area contributed by atoms with E-state index in [2.05, 4.69) is 13.8 Å². The van der Waals surface area contributed by atoms with Crippen molar-refractivity contribution < 1.29 is 18.6 Å². The van der Waals surface area contributed by atoms with Gasteiger partial charge in [-0.1, -0.05) is 188 Å². The Labute approximate surface area is 285 Å². The molecule has 0 aliphatic rings. The molecule has 0 saturated carbocycles. The van der Waals surface area contributed by atoms with Crippen LogP contribution in [0.2, 0.25) is 0 Å². The highest BCUT2D eigenvalue weighted by Crippen LogP contribution is 2.58. The molecule has 0 atom stereocenters. The SMILES string of the molecule is CCCCCCCCCCCCCCCCOCC(C)(COCCCCCCCCCCCCCCCC)COP(=O)(Cl)Cl. The average Bonchev–Trinajstić information content (AvgIpc) is 2.99. The van der Waals surface area contributed by atoms with E-state index in [0.29, 0.717) is 13.2 Å². The van der Waals surface area contributed by atoms with E-state index in [0.717, 1.165) is 26.1 Å². The van der Waals surface area contributed by atoms with E-state index in [1.807, 2.05) is 6.92 Å². The molecule has 0 N–H and O–H groups in total. The Bertz CT molecular complexity index is 580. The van der Waals surface area contributed by atoms with Crippen LogP contribution >= 0.6 is 28.6 Å². The van der Waals surface area contributed by atoms with E-state index in [-0.39, 0.29) is 6.61 Å². The molecule has 0 unspecified atom stereocenters. The van der Waals surface area contributed by atoms with Gasteiger partial charge in [0, 0.05) is 18.6 Å². The van der Waals surface area contributed by atoms with Gasteiger partial charge in [0.15, 0.2) is 0 Å². The van der Waals surface area contributed by atoms with Gasteiger partial charge in [-0.3, -0.25) is 4.57 Å². The van der Waals surface area contributed by atoms with Crippen LogP contribution in [-0.2, 0) is 18.6 Å². The minimum Gasteiger partial charge on any atom is -0.381 e. The Kier molecular flexibility index (Phi) is 34.1. The minimum atomic E-state index is -3.58. The van der Waals surface area contributed by atoms with Crippen LogP contribution < -0.4 is 0 Å². The first-order valence-corrected chi connectivity index (χ1v) is 22.6. The molecule has 266 valence electrons. The fraction of sp³-hybridized carbons (Fsp3) is 1.00. The van der Waals surface area contributed by atoms with Gasteiger partial charge in [0.2, 0.25) is 0 Å². The molecule has 0 aliphatic carbocycles. The molecule has 0 heterocycles. The average molecular weight is 686 g/mol. The van der Waals surface area contributed by atoms with Gasteiger partial charge < -0.3 is 14.0 Å². The minimum absolute atomic E-state index is 0.161. The summed E-state index contributed by atoms with van der Waals surface area (Å²) in [5.74, 6) is 0. The first-order chi connectivity index (χ1) is 21.3. The molecular formula is C37H75Cl2O4P. The molecule has 0 spiro atoms. The summed E-state index contributed by atoms with van der Waals surface area (Å²) in [6.45, 7) is 9.18. The fourth-order valence-electron chi connectivity index (χ4n) is 5.79. The molecule has 0 aromatic rings. The molecule has 0 amide bonds. The molecule has 0 rings (SSSR count). The molecule has 0 radical (unpaired) electrons. The van der Waals surface area contributed by atoms with Gasteiger partial charge >= 0.3 is 6.07 Å². The quantitative estimate of drug-likeness (QED) is 0.0482. The number of rotatable bonds is 37. The maximum atomic E-state index is 11.7. The summed E-state index contributed by atoms with van der Waals surface area (Å²) >= 11 is 11.3. The van der Waals surface area contributed by atoms with Crippen LogP contribution in [0.4, 0.5) is 0 Å². The summed E-state index contributed by atoms with van der Waals surface area (Å²) in [4.78, 5) is 0. The molecule has 0 aliphatic heterocycles. The van der Waals surface area contributed by atoms with Crippen molar-refractivity contribution in [2.75, 3.05) is 33.0 Å². The van der Waals surface area contributed by atoms with E-state index in [1.165, 1.54) is 167 Å². The van der Waals surface area contributed by atoms with E-state index in [4.69, 9.17) is 36.5 Å². The molecule has 7 heteroatoms. The van der Waals surface area contributed by atoms with Crippen molar-refractivity contribution in [3.63, 3.8) is 0 Å². The molecule has 0 aromatic carbocycles. The second kappa shape index (κ2) is 33.6. The van der Waals surface area contributed by atoms with Crippen molar-refractivity contribution in [2.45, 2.75) is 201 Å². The molecule has 0 aromatic heterocycles. The normalized spacial score (nSPS) is 12.4. The molecular weight excluding hydrogens is 610 g/mol. The van der Waals surface area contributed by atoms with Crippen LogP contribution in [0.25, 0.3) is 0 Å². The summed E-state index contributed by atoms with van der Waals surface area (Å²) in [7, 11) is 0. The van der Waals surface area contributed by atoms with Gasteiger partial charge in [-0.15, -0.1) is 0 Å². The Balaban J connectivity index is 3.79. The number of hydrogen-bond acceptors (Lipinski definition) is 4. The van der Waals surface area contributed by atoms with Crippen LogP contribution in [0.5, 0.6) is 0 Å². The largest absolute Gasteiger partial charge is 0.381 e. The summed E-state index contributed by atoms with van der Waals surface area (Å²) in [5, 5.41) is 0. The second-order valence-corrected chi connectivity index (χ2v) is 18.1. The summed E-state index contributed by atoms with van der Waals surface area (Å²) < 4.78 is 29.0. The van der Waals surface area contributed by atoms with E-state index >= 15 is 0 Å². The lowest BCUT2D eigenvalue weighted by atomic mass is 9.94. The van der Waals surface area contributed by atoms with Gasteiger partial charge in [-0.2, -0.15) is 0 Å². The van der Waals surface area contributed by atoms with E-state index in [1.54, 1.807) is 0 Å². The number of hydrogen-bond donors (Lipinski definition) is 0. The standard InChI is InChI=1S/C37H75Cl2O4P/c1-4-6-8-10-12-14-16-18-20-22-24-26-28-30-32-41-34-37(3,36-43-44(38,39)40)35-42-33-31-29-27-25-23-21-19-17-15-13-11-9-7-5-2/h4-36H2,1-3H3. The van der Waals surface area contributed by atoms with Gasteiger partial charge in [0.05, 0.1) is 19.8 Å². The second-order valence-electron chi connectivity index (χ2n) is 13.8. The van der Waals surface area contributed by atoms with E-state index in [9.17, 15) is 4.57 Å². The van der Waals surface area contributed by atoms with Crippen molar-refractivity contribution in [1.29, 1.82) is 0 Å². The Hall–Kier alpha value is 0.690. The van der Waals surface area contributed by atoms with Crippen molar-refractivity contribution >= 4 is 28.6 Å². The molecule has 0 saturated heterocycles. The first-order valence-electron chi connectivity index (χ1n) is 19.1. The maximum Gasteiger partial charge on any atom is 0.380 e. The van der Waals surface area contributed by atoms with Gasteiger partial charge in [0.1, 0.15) is 0 Å². The number of halogens is 2. The molecule has 0 fully saturated rings. The maximum absolute atomic E-state index is 11.7. The third-order valence-corrected chi connectivity index (χ3v) is 9.76. The lowest BCUT2D eigenvalue weighted by Gasteiger charge is -2.29. The smallest absolute Gasteiger partial charge is 0.380 e. The molecule has 44 heavy (non-hydrogen) atoms. The monoisotopic (exact) mass is 684 g/mol. The van der Waals surface area contributed by atoms with Gasteiger partial charge in [-0.05, 0) is 35.3 Å². The van der Waals surface area contributed by atoms with Gasteiger partial charge in [0.25, 0.3) is 0 Å². The highest BCUT2D eigenvalue weighted by atomic mass is 35.9. The van der Waals surface area contributed by atoms with Crippen LogP contribution in [0.1, 0.15) is 201 Å². The summed E-state index contributed by atoms with van der Waals surface area (Å²) in [6, 6.07) is 0. The summed E-state index contributed by atoms with van der Waals surface area (Å²) in [6.07, 6.45) is 34.2. The Morgan fingerprint density at radius 1 is 0.432 bits per heavy atom. The highest BCUT2D eigenvalue weighted by Gasteiger charge is 2.29. The zero-order valence-electron chi connectivity index (χ0n) is 29.7. The lowest BCUT2D eigenvalue weighted by Crippen LogP contribution is -2.34. The third kappa shape index (κ3) is 35.5. The van der Waals surface area contributed by atoms with Crippen molar-refractivity contribution in [3.8, 4) is 0 Å². The topological polar surface area (TPSA) is 44.8 Å². The predicted octanol–water partition coefficient (Wildman–Crippen LogP) is 14.6. The van der Waals surface area contributed by atoms with Crippen LogP contribution in [0.3, 0.4) is 0 Å². The van der Waals surface area contributed by atoms with Crippen LogP contribution in [-0.4, -0.2) is 33.0 Å². The Morgan fingerprint density at radius 3 is 0.932 bits per heavy atom. The van der Waals surface area contributed by atoms with E-state index < -0.39 is 11.5 Å². The van der Waals surface area contributed by atoms with Crippen molar-refractivity contribution in [3.05, 3.63) is 0 Å². The van der Waals surface area contributed by atoms with Crippen LogP contribution in [0, 0.1) is 5.41 Å².